The molecule has 6 heteroatoms. The van der Waals surface area contributed by atoms with Crippen LogP contribution in [0.1, 0.15) is 24.2 Å². The van der Waals surface area contributed by atoms with Crippen molar-refractivity contribution in [2.75, 3.05) is 0 Å². The van der Waals surface area contributed by atoms with Gasteiger partial charge in [-0.05, 0) is 30.7 Å². The molecular formula is C14H14FN3O2. The van der Waals surface area contributed by atoms with E-state index in [-0.39, 0.29) is 6.04 Å². The molecule has 0 saturated heterocycles. The van der Waals surface area contributed by atoms with Crippen molar-refractivity contribution in [3.8, 4) is 0 Å². The first-order valence-corrected chi connectivity index (χ1v) is 6.15. The van der Waals surface area contributed by atoms with Crippen molar-refractivity contribution < 1.29 is 9.31 Å². The summed E-state index contributed by atoms with van der Waals surface area (Å²) in [6.07, 6.45) is 1.71. The predicted molar refractivity (Wildman–Crippen MR) is 72.5 cm³/mol. The van der Waals surface area contributed by atoms with Crippen molar-refractivity contribution in [2.45, 2.75) is 19.5 Å². The Bertz CT molecular complexity index is 605. The van der Waals surface area contributed by atoms with E-state index in [0.717, 1.165) is 5.69 Å². The Kier molecular flexibility index (Phi) is 4.37. The summed E-state index contributed by atoms with van der Waals surface area (Å²) in [4.78, 5) is 14.0. The van der Waals surface area contributed by atoms with Gasteiger partial charge in [-0.1, -0.05) is 12.1 Å². The number of pyridine rings is 1. The zero-order chi connectivity index (χ0) is 14.5. The van der Waals surface area contributed by atoms with Gasteiger partial charge in [0.2, 0.25) is 5.82 Å². The minimum absolute atomic E-state index is 0.00875. The third-order valence-electron chi connectivity index (χ3n) is 2.95. The number of rotatable bonds is 5. The summed E-state index contributed by atoms with van der Waals surface area (Å²) in [5, 5.41) is 13.7. The van der Waals surface area contributed by atoms with E-state index in [0.29, 0.717) is 12.1 Å². The molecule has 1 heterocycles. The first-order chi connectivity index (χ1) is 9.58. The Morgan fingerprint density at radius 2 is 2.20 bits per heavy atom. The quantitative estimate of drug-likeness (QED) is 0.672. The number of benzene rings is 1. The summed E-state index contributed by atoms with van der Waals surface area (Å²) >= 11 is 0. The predicted octanol–water partition coefficient (Wildman–Crippen LogP) is 2.98. The van der Waals surface area contributed by atoms with E-state index in [9.17, 15) is 14.5 Å². The molecule has 104 valence electrons. The van der Waals surface area contributed by atoms with Gasteiger partial charge in [-0.25, -0.2) is 0 Å². The second kappa shape index (κ2) is 6.21. The molecule has 0 radical (unpaired) electrons. The van der Waals surface area contributed by atoms with Gasteiger partial charge in [0.25, 0.3) is 0 Å². The van der Waals surface area contributed by atoms with Crippen LogP contribution in [0.2, 0.25) is 0 Å². The van der Waals surface area contributed by atoms with E-state index in [1.807, 2.05) is 25.1 Å². The molecule has 0 aliphatic heterocycles. The van der Waals surface area contributed by atoms with Crippen LogP contribution < -0.4 is 5.32 Å². The van der Waals surface area contributed by atoms with Gasteiger partial charge in [-0.15, -0.1) is 0 Å². The minimum atomic E-state index is -0.820. The van der Waals surface area contributed by atoms with Crippen LogP contribution in [0.4, 0.5) is 10.1 Å². The smallest absolute Gasteiger partial charge is 0.304 e. The van der Waals surface area contributed by atoms with Gasteiger partial charge >= 0.3 is 5.69 Å². The largest absolute Gasteiger partial charge is 0.305 e. The molecule has 1 aromatic carbocycles. The standard InChI is InChI=1S/C14H14FN3O2/c1-10(13-4-2-3-7-16-13)17-9-11-5-6-14(18(19)20)12(15)8-11/h2-8,10,17H,9H2,1H3/t10-/m1/s1. The van der Waals surface area contributed by atoms with Crippen LogP contribution in [0.15, 0.2) is 42.6 Å². The molecule has 20 heavy (non-hydrogen) atoms. The van der Waals surface area contributed by atoms with Crippen LogP contribution in [-0.4, -0.2) is 9.91 Å². The highest BCUT2D eigenvalue weighted by atomic mass is 19.1. The number of nitro benzene ring substituents is 1. The van der Waals surface area contributed by atoms with Gasteiger partial charge in [-0.2, -0.15) is 4.39 Å². The Morgan fingerprint density at radius 1 is 1.40 bits per heavy atom. The Labute approximate surface area is 115 Å². The van der Waals surface area contributed by atoms with Gasteiger partial charge < -0.3 is 5.32 Å². The summed E-state index contributed by atoms with van der Waals surface area (Å²) in [5.74, 6) is -0.820. The first kappa shape index (κ1) is 14.1. The fourth-order valence-corrected chi connectivity index (χ4v) is 1.82. The minimum Gasteiger partial charge on any atom is -0.305 e. The zero-order valence-corrected chi connectivity index (χ0v) is 10.9. The van der Waals surface area contributed by atoms with Crippen LogP contribution in [0.25, 0.3) is 0 Å². The lowest BCUT2D eigenvalue weighted by Gasteiger charge is -2.13. The van der Waals surface area contributed by atoms with Gasteiger partial charge in [0.15, 0.2) is 0 Å². The number of nitrogens with zero attached hydrogens (tertiary/aromatic N) is 2. The number of nitrogens with one attached hydrogen (secondary N) is 1. The van der Waals surface area contributed by atoms with Crippen molar-refractivity contribution in [3.05, 3.63) is 69.8 Å². The SMILES string of the molecule is C[C@@H](NCc1ccc([N+](=O)[O-])c(F)c1)c1ccccn1. The lowest BCUT2D eigenvalue weighted by molar-refractivity contribution is -0.387. The first-order valence-electron chi connectivity index (χ1n) is 6.15. The maximum Gasteiger partial charge on any atom is 0.304 e. The molecule has 1 atom stereocenters. The highest BCUT2D eigenvalue weighted by Crippen LogP contribution is 2.18. The molecule has 0 saturated carbocycles. The van der Waals surface area contributed by atoms with Crippen LogP contribution >= 0.6 is 0 Å². The Hall–Kier alpha value is -2.34. The van der Waals surface area contributed by atoms with E-state index >= 15 is 0 Å². The van der Waals surface area contributed by atoms with Gasteiger partial charge in [-0.3, -0.25) is 15.1 Å². The van der Waals surface area contributed by atoms with E-state index < -0.39 is 16.4 Å². The van der Waals surface area contributed by atoms with Gasteiger partial charge in [0.05, 0.1) is 10.6 Å². The molecule has 0 aliphatic rings. The Morgan fingerprint density at radius 3 is 2.80 bits per heavy atom. The van der Waals surface area contributed by atoms with Crippen molar-refractivity contribution in [2.24, 2.45) is 0 Å². The third-order valence-corrected chi connectivity index (χ3v) is 2.95. The Balaban J connectivity index is 2.01. The van der Waals surface area contributed by atoms with Gasteiger partial charge in [0.1, 0.15) is 0 Å². The lowest BCUT2D eigenvalue weighted by Crippen LogP contribution is -2.19. The van der Waals surface area contributed by atoms with Crippen LogP contribution in [0, 0.1) is 15.9 Å². The van der Waals surface area contributed by atoms with E-state index in [1.165, 1.54) is 12.1 Å². The maximum atomic E-state index is 13.5. The van der Waals surface area contributed by atoms with Gasteiger partial charge in [0, 0.05) is 24.8 Å². The highest BCUT2D eigenvalue weighted by Gasteiger charge is 2.14. The molecule has 2 rings (SSSR count). The average Bonchev–Trinajstić information content (AvgIpc) is 2.45. The number of halogens is 1. The molecule has 2 aromatic rings. The number of hydrogen-bond acceptors (Lipinski definition) is 4. The number of nitro groups is 1. The number of aromatic nitrogens is 1. The van der Waals surface area contributed by atoms with Crippen molar-refractivity contribution >= 4 is 5.69 Å². The van der Waals surface area contributed by atoms with E-state index in [4.69, 9.17) is 0 Å². The summed E-state index contributed by atoms with van der Waals surface area (Å²) in [6.45, 7) is 2.36. The molecule has 0 bridgehead atoms. The summed E-state index contributed by atoms with van der Waals surface area (Å²) in [5.41, 5.74) is 1.03. The zero-order valence-electron chi connectivity index (χ0n) is 10.9. The summed E-state index contributed by atoms with van der Waals surface area (Å²) in [6, 6.07) is 9.53. The molecule has 0 amide bonds. The number of hydrogen-bond donors (Lipinski definition) is 1. The van der Waals surface area contributed by atoms with E-state index in [1.54, 1.807) is 12.3 Å². The molecule has 0 fully saturated rings. The fourth-order valence-electron chi connectivity index (χ4n) is 1.82. The molecule has 1 N–H and O–H groups in total. The fraction of sp³-hybridized carbons (Fsp3) is 0.214. The lowest BCUT2D eigenvalue weighted by atomic mass is 10.1. The average molecular weight is 275 g/mol. The second-order valence-corrected chi connectivity index (χ2v) is 4.40. The maximum absolute atomic E-state index is 13.5. The monoisotopic (exact) mass is 275 g/mol. The highest BCUT2D eigenvalue weighted by molar-refractivity contribution is 5.35. The third kappa shape index (κ3) is 3.36. The van der Waals surface area contributed by atoms with Crippen LogP contribution in [0.3, 0.4) is 0 Å². The normalized spacial score (nSPS) is 12.1. The molecule has 1 aromatic heterocycles. The van der Waals surface area contributed by atoms with Crippen molar-refractivity contribution in [3.63, 3.8) is 0 Å². The second-order valence-electron chi connectivity index (χ2n) is 4.40. The molecule has 0 spiro atoms. The molecular weight excluding hydrogens is 261 g/mol. The topological polar surface area (TPSA) is 68.1 Å². The summed E-state index contributed by atoms with van der Waals surface area (Å²) in [7, 11) is 0. The van der Waals surface area contributed by atoms with E-state index in [2.05, 4.69) is 10.3 Å². The van der Waals surface area contributed by atoms with Crippen LogP contribution in [-0.2, 0) is 6.54 Å². The molecule has 0 unspecified atom stereocenters. The molecule has 0 aliphatic carbocycles. The van der Waals surface area contributed by atoms with Crippen LogP contribution in [0.5, 0.6) is 0 Å². The molecule has 5 nitrogen and oxygen atoms in total. The van der Waals surface area contributed by atoms with Crippen molar-refractivity contribution in [1.82, 2.24) is 10.3 Å². The summed E-state index contributed by atoms with van der Waals surface area (Å²) < 4.78 is 13.5. The van der Waals surface area contributed by atoms with Crippen molar-refractivity contribution in [1.29, 1.82) is 0 Å².